The molecule has 6 heteroatoms. The molecule has 86 valence electrons. The molecule has 0 bridgehead atoms. The van der Waals surface area contributed by atoms with Crippen LogP contribution in [0.15, 0.2) is 33.6 Å². The first-order valence-corrected chi connectivity index (χ1v) is 6.00. The Morgan fingerprint density at radius 3 is 2.25 bits per heavy atom. The molecular weight excluding hydrogens is 230 g/mol. The van der Waals surface area contributed by atoms with Crippen molar-refractivity contribution in [1.29, 1.82) is 0 Å². The maximum absolute atomic E-state index is 11.3. The molecule has 1 aromatic rings. The fraction of sp³-hybridized carbons (Fsp3) is 0.300. The van der Waals surface area contributed by atoms with Crippen molar-refractivity contribution >= 4 is 16.1 Å². The summed E-state index contributed by atoms with van der Waals surface area (Å²) < 4.78 is 30.7. The first kappa shape index (κ1) is 12.4. The molecule has 0 saturated heterocycles. The summed E-state index contributed by atoms with van der Waals surface area (Å²) in [7, 11) is -3.91. The highest BCUT2D eigenvalue weighted by Gasteiger charge is 2.12. The van der Waals surface area contributed by atoms with Gasteiger partial charge < -0.3 is 4.74 Å². The summed E-state index contributed by atoms with van der Waals surface area (Å²) in [4.78, 5) is 9.85. The van der Waals surface area contributed by atoms with E-state index in [9.17, 15) is 13.2 Å². The minimum Gasteiger partial charge on any atom is -0.491 e. The molecule has 5 nitrogen and oxygen atoms in total. The second-order valence-corrected chi connectivity index (χ2v) is 4.90. The monoisotopic (exact) mass is 241 g/mol. The van der Waals surface area contributed by atoms with Crippen LogP contribution in [0.25, 0.3) is 0 Å². The minimum absolute atomic E-state index is 0.00968. The molecule has 0 amide bonds. The molecule has 0 aliphatic heterocycles. The Labute approximate surface area is 93.8 Å². The van der Waals surface area contributed by atoms with Crippen LogP contribution < -0.4 is 4.74 Å². The van der Waals surface area contributed by atoms with Gasteiger partial charge in [-0.1, -0.05) is 4.40 Å². The van der Waals surface area contributed by atoms with Gasteiger partial charge in [0.2, 0.25) is 0 Å². The van der Waals surface area contributed by atoms with Gasteiger partial charge in [0.05, 0.1) is 11.0 Å². The largest absolute Gasteiger partial charge is 0.491 e. The molecule has 0 fully saturated rings. The van der Waals surface area contributed by atoms with Crippen LogP contribution in [0.4, 0.5) is 0 Å². The molecule has 0 atom stereocenters. The third-order valence-corrected chi connectivity index (χ3v) is 2.83. The van der Waals surface area contributed by atoms with E-state index in [0.717, 1.165) is 6.08 Å². The Balaban J connectivity index is 3.00. The number of rotatable bonds is 4. The van der Waals surface area contributed by atoms with E-state index in [2.05, 4.69) is 4.40 Å². The maximum Gasteiger partial charge on any atom is 0.292 e. The smallest absolute Gasteiger partial charge is 0.292 e. The topological polar surface area (TPSA) is 72.8 Å². The Morgan fingerprint density at radius 2 is 1.81 bits per heavy atom. The van der Waals surface area contributed by atoms with Crippen LogP contribution in [-0.4, -0.2) is 20.6 Å². The second-order valence-electron chi connectivity index (χ2n) is 3.30. The molecule has 0 aliphatic carbocycles. The number of nitrogens with zero attached hydrogens (tertiary/aromatic N) is 1. The van der Waals surface area contributed by atoms with Crippen molar-refractivity contribution in [3.05, 3.63) is 24.3 Å². The van der Waals surface area contributed by atoms with E-state index < -0.39 is 10.0 Å². The number of hydrogen-bond acceptors (Lipinski definition) is 4. The molecule has 0 aliphatic rings. The zero-order valence-electron chi connectivity index (χ0n) is 8.88. The van der Waals surface area contributed by atoms with Crippen molar-refractivity contribution in [2.75, 3.05) is 0 Å². The first-order chi connectivity index (χ1) is 7.45. The third kappa shape index (κ3) is 3.18. The molecule has 0 spiro atoms. The van der Waals surface area contributed by atoms with Crippen molar-refractivity contribution < 1.29 is 17.9 Å². The van der Waals surface area contributed by atoms with Crippen molar-refractivity contribution in [3.8, 4) is 5.75 Å². The van der Waals surface area contributed by atoms with E-state index in [1.807, 2.05) is 13.8 Å². The van der Waals surface area contributed by atoms with Crippen molar-refractivity contribution in [2.45, 2.75) is 24.8 Å². The summed E-state index contributed by atoms with van der Waals surface area (Å²) in [6.07, 6.45) is 1.02. The van der Waals surface area contributed by atoms with Gasteiger partial charge in [-0.15, -0.1) is 0 Å². The molecule has 1 aromatic carbocycles. The van der Waals surface area contributed by atoms with E-state index in [4.69, 9.17) is 4.74 Å². The van der Waals surface area contributed by atoms with Crippen LogP contribution in [0.2, 0.25) is 0 Å². The molecule has 0 aromatic heterocycles. The van der Waals surface area contributed by atoms with E-state index in [1.54, 1.807) is 0 Å². The van der Waals surface area contributed by atoms with Gasteiger partial charge in [-0.05, 0) is 38.1 Å². The number of hydrogen-bond donors (Lipinski definition) is 0. The lowest BCUT2D eigenvalue weighted by Crippen LogP contribution is -2.05. The summed E-state index contributed by atoms with van der Waals surface area (Å²) in [5.41, 5.74) is 0. The van der Waals surface area contributed by atoms with Crippen molar-refractivity contribution in [1.82, 2.24) is 0 Å². The van der Waals surface area contributed by atoms with Gasteiger partial charge >= 0.3 is 0 Å². The zero-order valence-corrected chi connectivity index (χ0v) is 9.69. The van der Waals surface area contributed by atoms with Gasteiger partial charge in [-0.2, -0.15) is 8.42 Å². The average molecular weight is 241 g/mol. The lowest BCUT2D eigenvalue weighted by Gasteiger charge is -2.09. The first-order valence-electron chi connectivity index (χ1n) is 4.56. The quantitative estimate of drug-likeness (QED) is 0.591. The van der Waals surface area contributed by atoms with Crippen LogP contribution >= 0.6 is 0 Å². The molecule has 0 heterocycles. The van der Waals surface area contributed by atoms with E-state index in [0.29, 0.717) is 5.75 Å². The van der Waals surface area contributed by atoms with Crippen LogP contribution in [0.5, 0.6) is 5.75 Å². The van der Waals surface area contributed by atoms with Crippen LogP contribution in [0, 0.1) is 0 Å². The zero-order chi connectivity index (χ0) is 12.2. The summed E-state index contributed by atoms with van der Waals surface area (Å²) in [6, 6.07) is 5.67. The summed E-state index contributed by atoms with van der Waals surface area (Å²) >= 11 is 0. The van der Waals surface area contributed by atoms with Gasteiger partial charge in [-0.3, -0.25) is 0 Å². The van der Waals surface area contributed by atoms with Crippen LogP contribution in [0.3, 0.4) is 0 Å². The second kappa shape index (κ2) is 4.92. The SMILES string of the molecule is CC(C)Oc1ccc(S(=O)(=O)N=C=O)cc1. The Hall–Kier alpha value is -1.65. The molecule has 0 saturated carbocycles. The predicted octanol–water partition coefficient (Wildman–Crippen LogP) is 1.50. The Morgan fingerprint density at radius 1 is 1.25 bits per heavy atom. The molecule has 0 radical (unpaired) electrons. The maximum atomic E-state index is 11.3. The van der Waals surface area contributed by atoms with Gasteiger partial charge in [0.1, 0.15) is 5.75 Å². The lowest BCUT2D eigenvalue weighted by atomic mass is 10.3. The number of isocyanates is 1. The molecule has 0 unspecified atom stereocenters. The normalized spacial score (nSPS) is 10.9. The fourth-order valence-corrected chi connectivity index (χ4v) is 1.75. The predicted molar refractivity (Wildman–Crippen MR) is 57.5 cm³/mol. The standard InChI is InChI=1S/C10H11NO4S/c1-8(2)15-9-3-5-10(6-4-9)16(13,14)11-7-12/h3-6,8H,1-2H3. The number of ether oxygens (including phenoxy) is 1. The molecule has 0 N–H and O–H groups in total. The average Bonchev–Trinajstić information content (AvgIpc) is 2.17. The van der Waals surface area contributed by atoms with Crippen molar-refractivity contribution in [2.24, 2.45) is 4.40 Å². The lowest BCUT2D eigenvalue weighted by molar-refractivity contribution is 0.242. The summed E-state index contributed by atoms with van der Waals surface area (Å²) in [5.74, 6) is 0.559. The highest BCUT2D eigenvalue weighted by atomic mass is 32.2. The van der Waals surface area contributed by atoms with Gasteiger partial charge in [0, 0.05) is 0 Å². The Bertz CT molecular complexity index is 498. The van der Waals surface area contributed by atoms with Crippen LogP contribution in [0.1, 0.15) is 13.8 Å². The number of benzene rings is 1. The fourth-order valence-electron chi connectivity index (χ4n) is 1.06. The minimum atomic E-state index is -3.91. The highest BCUT2D eigenvalue weighted by Crippen LogP contribution is 2.18. The van der Waals surface area contributed by atoms with E-state index >= 15 is 0 Å². The van der Waals surface area contributed by atoms with Gasteiger partial charge in [0.25, 0.3) is 16.1 Å². The number of carbonyl (C=O) groups excluding carboxylic acids is 1. The van der Waals surface area contributed by atoms with Gasteiger partial charge in [0.15, 0.2) is 0 Å². The molecule has 16 heavy (non-hydrogen) atoms. The summed E-state index contributed by atoms with van der Waals surface area (Å²) in [5, 5.41) is 0. The Kier molecular flexibility index (Phi) is 3.82. The van der Waals surface area contributed by atoms with E-state index in [1.165, 1.54) is 24.3 Å². The van der Waals surface area contributed by atoms with Crippen LogP contribution in [-0.2, 0) is 14.8 Å². The number of sulfonamides is 1. The van der Waals surface area contributed by atoms with E-state index in [-0.39, 0.29) is 11.0 Å². The molecular formula is C10H11NO4S. The van der Waals surface area contributed by atoms with Crippen molar-refractivity contribution in [3.63, 3.8) is 0 Å². The highest BCUT2D eigenvalue weighted by molar-refractivity contribution is 7.90. The molecule has 1 rings (SSSR count). The van der Waals surface area contributed by atoms with Gasteiger partial charge in [-0.25, -0.2) is 4.79 Å². The third-order valence-electron chi connectivity index (χ3n) is 1.65. The summed E-state index contributed by atoms with van der Waals surface area (Å²) in [6.45, 7) is 3.72.